The van der Waals surface area contributed by atoms with E-state index >= 15 is 0 Å². The van der Waals surface area contributed by atoms with Gasteiger partial charge in [0.15, 0.2) is 5.96 Å². The summed E-state index contributed by atoms with van der Waals surface area (Å²) >= 11 is 0. The fraction of sp³-hybridized carbons (Fsp3) is 0.708. The van der Waals surface area contributed by atoms with Crippen LogP contribution in [0.2, 0.25) is 0 Å². The fourth-order valence-corrected chi connectivity index (χ4v) is 4.44. The van der Waals surface area contributed by atoms with Gasteiger partial charge in [-0.3, -0.25) is 14.8 Å². The van der Waals surface area contributed by atoms with Crippen molar-refractivity contribution >= 4 is 29.9 Å². The summed E-state index contributed by atoms with van der Waals surface area (Å²) in [6, 6.07) is 9.51. The molecule has 1 atom stereocenters. The van der Waals surface area contributed by atoms with Gasteiger partial charge in [-0.1, -0.05) is 44.5 Å². The molecule has 0 bridgehead atoms. The number of piperidine rings is 1. The fourth-order valence-electron chi connectivity index (χ4n) is 4.44. The highest BCUT2D eigenvalue weighted by atomic mass is 127. The highest BCUT2D eigenvalue weighted by molar-refractivity contribution is 14.0. The van der Waals surface area contributed by atoms with E-state index in [1.165, 1.54) is 43.5 Å². The van der Waals surface area contributed by atoms with Gasteiger partial charge < -0.3 is 15.4 Å². The molecule has 3 rings (SSSR count). The van der Waals surface area contributed by atoms with E-state index in [9.17, 15) is 0 Å². The van der Waals surface area contributed by atoms with Crippen LogP contribution in [0.4, 0.5) is 0 Å². The van der Waals surface area contributed by atoms with E-state index in [1.54, 1.807) is 0 Å². The molecule has 2 heterocycles. The van der Waals surface area contributed by atoms with Gasteiger partial charge in [-0.25, -0.2) is 0 Å². The maximum Gasteiger partial charge on any atom is 0.191 e. The van der Waals surface area contributed by atoms with Crippen LogP contribution in [0, 0.1) is 5.92 Å². The van der Waals surface area contributed by atoms with Crippen LogP contribution < -0.4 is 10.6 Å². The number of nitrogens with zero attached hydrogens (tertiary/aromatic N) is 3. The Labute approximate surface area is 206 Å². The van der Waals surface area contributed by atoms with Gasteiger partial charge in [0.25, 0.3) is 0 Å². The van der Waals surface area contributed by atoms with Gasteiger partial charge in [-0.05, 0) is 43.0 Å². The number of rotatable bonds is 8. The topological polar surface area (TPSA) is 52.1 Å². The van der Waals surface area contributed by atoms with Crippen LogP contribution in [0.15, 0.2) is 29.3 Å². The van der Waals surface area contributed by atoms with E-state index in [0.717, 1.165) is 51.9 Å². The molecule has 2 saturated heterocycles. The molecule has 31 heavy (non-hydrogen) atoms. The van der Waals surface area contributed by atoms with Crippen LogP contribution in [-0.4, -0.2) is 74.8 Å². The minimum absolute atomic E-state index is 0. The van der Waals surface area contributed by atoms with Crippen LogP contribution in [-0.2, 0) is 17.8 Å². The lowest BCUT2D eigenvalue weighted by Gasteiger charge is -2.37. The van der Waals surface area contributed by atoms with Crippen LogP contribution in [0.5, 0.6) is 0 Å². The number of ether oxygens (including phenoxy) is 1. The Morgan fingerprint density at radius 3 is 2.23 bits per heavy atom. The van der Waals surface area contributed by atoms with Crippen molar-refractivity contribution in [1.29, 1.82) is 0 Å². The minimum atomic E-state index is 0. The van der Waals surface area contributed by atoms with Crippen LogP contribution >= 0.6 is 24.0 Å². The lowest BCUT2D eigenvalue weighted by molar-refractivity contribution is 0.00752. The van der Waals surface area contributed by atoms with E-state index in [-0.39, 0.29) is 24.0 Å². The van der Waals surface area contributed by atoms with E-state index in [4.69, 9.17) is 4.74 Å². The van der Waals surface area contributed by atoms with E-state index in [1.807, 2.05) is 7.05 Å². The standard InChI is InChI=1S/C24H41N5O.HI/c1-20(2)23(29-13-15-30-16-14-29)18-27-24(25-3)26-17-21-7-9-22(10-8-21)19-28-11-5-4-6-12-28;/h7-10,20,23H,4-6,11-19H2,1-3H3,(H2,25,26,27);1H. The summed E-state index contributed by atoms with van der Waals surface area (Å²) < 4.78 is 5.51. The van der Waals surface area contributed by atoms with Gasteiger partial charge in [0.05, 0.1) is 13.2 Å². The van der Waals surface area contributed by atoms with Crippen molar-refractivity contribution < 1.29 is 4.74 Å². The van der Waals surface area contributed by atoms with Gasteiger partial charge in [0, 0.05) is 45.8 Å². The molecular weight excluding hydrogens is 501 g/mol. The summed E-state index contributed by atoms with van der Waals surface area (Å²) in [5.74, 6) is 1.45. The lowest BCUT2D eigenvalue weighted by Crippen LogP contribution is -2.52. The Hall–Kier alpha value is -0.900. The Balaban J connectivity index is 0.00000341. The van der Waals surface area contributed by atoms with Crippen molar-refractivity contribution in [2.24, 2.45) is 10.9 Å². The molecule has 0 aromatic heterocycles. The highest BCUT2D eigenvalue weighted by Crippen LogP contribution is 2.14. The summed E-state index contributed by atoms with van der Waals surface area (Å²) in [6.07, 6.45) is 4.08. The minimum Gasteiger partial charge on any atom is -0.379 e. The molecule has 0 saturated carbocycles. The Kier molecular flexibility index (Phi) is 12.1. The smallest absolute Gasteiger partial charge is 0.191 e. The molecule has 176 valence electrons. The van der Waals surface area contributed by atoms with Crippen molar-refractivity contribution in [2.75, 3.05) is 53.0 Å². The number of morpholine rings is 1. The predicted octanol–water partition coefficient (Wildman–Crippen LogP) is 3.31. The molecule has 2 aliphatic heterocycles. The zero-order valence-corrected chi connectivity index (χ0v) is 21.9. The summed E-state index contributed by atoms with van der Waals surface area (Å²) in [6.45, 7) is 13.5. The zero-order valence-electron chi connectivity index (χ0n) is 19.6. The first-order valence-corrected chi connectivity index (χ1v) is 11.7. The first-order chi connectivity index (χ1) is 14.7. The van der Waals surface area contributed by atoms with Crippen molar-refractivity contribution in [1.82, 2.24) is 20.4 Å². The number of likely N-dealkylation sites (tertiary alicyclic amines) is 1. The molecule has 1 aromatic rings. The number of aliphatic imine (C=N–C) groups is 1. The molecule has 0 radical (unpaired) electrons. The quantitative estimate of drug-likeness (QED) is 0.300. The second kappa shape index (κ2) is 14.3. The molecular formula is C24H42IN5O. The van der Waals surface area contributed by atoms with Crippen molar-refractivity contribution in [2.45, 2.75) is 52.2 Å². The first-order valence-electron chi connectivity index (χ1n) is 11.7. The number of hydrogen-bond donors (Lipinski definition) is 2. The van der Waals surface area contributed by atoms with E-state index in [0.29, 0.717) is 12.0 Å². The highest BCUT2D eigenvalue weighted by Gasteiger charge is 2.23. The average molecular weight is 544 g/mol. The van der Waals surface area contributed by atoms with Gasteiger partial charge in [0.1, 0.15) is 0 Å². The van der Waals surface area contributed by atoms with Crippen molar-refractivity contribution in [3.63, 3.8) is 0 Å². The first kappa shape index (κ1) is 26.4. The summed E-state index contributed by atoms with van der Waals surface area (Å²) in [7, 11) is 1.84. The number of hydrogen-bond acceptors (Lipinski definition) is 4. The third kappa shape index (κ3) is 8.86. The van der Waals surface area contributed by atoms with Crippen LogP contribution in [0.1, 0.15) is 44.2 Å². The molecule has 0 aliphatic carbocycles. The average Bonchev–Trinajstić information content (AvgIpc) is 2.78. The molecule has 6 nitrogen and oxygen atoms in total. The number of nitrogens with one attached hydrogen (secondary N) is 2. The third-order valence-corrected chi connectivity index (χ3v) is 6.32. The molecule has 2 aliphatic rings. The third-order valence-electron chi connectivity index (χ3n) is 6.32. The Morgan fingerprint density at radius 2 is 1.61 bits per heavy atom. The van der Waals surface area contributed by atoms with Crippen molar-refractivity contribution in [3.05, 3.63) is 35.4 Å². The molecule has 2 fully saturated rings. The molecule has 2 N–H and O–H groups in total. The van der Waals surface area contributed by atoms with Gasteiger partial charge in [-0.15, -0.1) is 24.0 Å². The Bertz CT molecular complexity index is 640. The van der Waals surface area contributed by atoms with Gasteiger partial charge in [-0.2, -0.15) is 0 Å². The lowest BCUT2D eigenvalue weighted by atomic mass is 10.0. The molecule has 1 unspecified atom stereocenters. The monoisotopic (exact) mass is 543 g/mol. The van der Waals surface area contributed by atoms with E-state index in [2.05, 4.69) is 63.5 Å². The van der Waals surface area contributed by atoms with Gasteiger partial charge >= 0.3 is 0 Å². The second-order valence-electron chi connectivity index (χ2n) is 8.92. The molecule has 0 spiro atoms. The normalized spacial score (nSPS) is 19.7. The number of benzene rings is 1. The molecule has 1 aromatic carbocycles. The van der Waals surface area contributed by atoms with E-state index < -0.39 is 0 Å². The van der Waals surface area contributed by atoms with Crippen LogP contribution in [0.25, 0.3) is 0 Å². The summed E-state index contributed by atoms with van der Waals surface area (Å²) in [4.78, 5) is 9.53. The maximum absolute atomic E-state index is 5.51. The number of guanidine groups is 1. The largest absolute Gasteiger partial charge is 0.379 e. The predicted molar refractivity (Wildman–Crippen MR) is 140 cm³/mol. The number of halogens is 1. The van der Waals surface area contributed by atoms with Gasteiger partial charge in [0.2, 0.25) is 0 Å². The molecule has 7 heteroatoms. The van der Waals surface area contributed by atoms with Crippen molar-refractivity contribution in [3.8, 4) is 0 Å². The van der Waals surface area contributed by atoms with Crippen LogP contribution in [0.3, 0.4) is 0 Å². The molecule has 0 amide bonds. The maximum atomic E-state index is 5.51. The Morgan fingerprint density at radius 1 is 0.968 bits per heavy atom. The second-order valence-corrected chi connectivity index (χ2v) is 8.92. The summed E-state index contributed by atoms with van der Waals surface area (Å²) in [5.41, 5.74) is 2.70. The summed E-state index contributed by atoms with van der Waals surface area (Å²) in [5, 5.41) is 7.00. The SMILES string of the molecule is CN=C(NCc1ccc(CN2CCCCC2)cc1)NCC(C(C)C)N1CCOCC1.I. The zero-order chi connectivity index (χ0) is 21.2.